The first-order chi connectivity index (χ1) is 13.6. The Morgan fingerprint density at radius 1 is 1.39 bits per heavy atom. The Morgan fingerprint density at radius 3 is 3.07 bits per heavy atom. The zero-order chi connectivity index (χ0) is 19.4. The van der Waals surface area contributed by atoms with Gasteiger partial charge in [-0.1, -0.05) is 18.7 Å². The molecule has 0 spiro atoms. The van der Waals surface area contributed by atoms with Crippen molar-refractivity contribution in [3.8, 4) is 5.00 Å². The fourth-order valence-electron chi connectivity index (χ4n) is 4.25. The standard InChI is InChI=1S/C18H24N6O2S2/c1-4-26-13(25)8-27-18-21-20-17-23(18)16-14(15-19-10(3)22-24(15)17)11-7-9(2)5-6-12(11)28-16/h9-10,15,19,22H,4-8H2,1-3H3/t9-,10?,15?/m0/s1. The van der Waals surface area contributed by atoms with E-state index in [4.69, 9.17) is 4.74 Å². The smallest absolute Gasteiger partial charge is 0.316 e. The van der Waals surface area contributed by atoms with Gasteiger partial charge in [-0.15, -0.1) is 21.5 Å². The molecule has 2 unspecified atom stereocenters. The van der Waals surface area contributed by atoms with Gasteiger partial charge in [0.25, 0.3) is 0 Å². The van der Waals surface area contributed by atoms with E-state index in [0.717, 1.165) is 23.9 Å². The van der Waals surface area contributed by atoms with Gasteiger partial charge >= 0.3 is 5.97 Å². The molecule has 0 radical (unpaired) electrons. The molecular formula is C18H24N6O2S2. The van der Waals surface area contributed by atoms with Crippen molar-refractivity contribution < 1.29 is 9.53 Å². The molecule has 3 aliphatic rings. The molecule has 0 saturated carbocycles. The van der Waals surface area contributed by atoms with Crippen LogP contribution in [0.4, 0.5) is 5.95 Å². The molecule has 1 fully saturated rings. The zero-order valence-electron chi connectivity index (χ0n) is 16.2. The summed E-state index contributed by atoms with van der Waals surface area (Å²) in [5.41, 5.74) is 6.29. The lowest BCUT2D eigenvalue weighted by molar-refractivity contribution is -0.139. The van der Waals surface area contributed by atoms with Crippen molar-refractivity contribution in [1.29, 1.82) is 0 Å². The Bertz CT molecular complexity index is 926. The van der Waals surface area contributed by atoms with Crippen LogP contribution in [0.3, 0.4) is 0 Å². The molecule has 2 aliphatic heterocycles. The van der Waals surface area contributed by atoms with E-state index in [1.807, 2.05) is 18.3 Å². The molecule has 0 bridgehead atoms. The topological polar surface area (TPSA) is 84.3 Å². The number of nitrogens with zero attached hydrogens (tertiary/aromatic N) is 4. The number of anilines is 1. The molecule has 1 saturated heterocycles. The van der Waals surface area contributed by atoms with Crippen molar-refractivity contribution in [3.05, 3.63) is 16.0 Å². The maximum atomic E-state index is 11.8. The van der Waals surface area contributed by atoms with Gasteiger partial charge in [-0.2, -0.15) is 0 Å². The summed E-state index contributed by atoms with van der Waals surface area (Å²) < 4.78 is 7.18. The number of carbonyl (C=O) groups excluding carboxylic acids is 1. The number of hydrazine groups is 1. The summed E-state index contributed by atoms with van der Waals surface area (Å²) in [6, 6.07) is 0. The molecule has 5 rings (SSSR count). The second-order valence-corrected chi connectivity index (χ2v) is 9.60. The van der Waals surface area contributed by atoms with E-state index in [0.29, 0.717) is 12.5 Å². The van der Waals surface area contributed by atoms with Gasteiger partial charge in [0.05, 0.1) is 18.5 Å². The summed E-state index contributed by atoms with van der Waals surface area (Å²) in [5.74, 6) is 1.47. The molecule has 28 heavy (non-hydrogen) atoms. The average Bonchev–Trinajstić information content (AvgIpc) is 3.33. The van der Waals surface area contributed by atoms with E-state index in [9.17, 15) is 4.79 Å². The van der Waals surface area contributed by atoms with E-state index in [-0.39, 0.29) is 24.1 Å². The number of thiophene rings is 1. The number of aromatic nitrogens is 3. The van der Waals surface area contributed by atoms with Crippen molar-refractivity contribution >= 4 is 35.0 Å². The zero-order valence-corrected chi connectivity index (χ0v) is 17.8. The van der Waals surface area contributed by atoms with Crippen LogP contribution in [0, 0.1) is 5.92 Å². The Hall–Kier alpha value is -1.62. The number of rotatable bonds is 4. The number of carbonyl (C=O) groups is 1. The van der Waals surface area contributed by atoms with Gasteiger partial charge in [0.2, 0.25) is 5.95 Å². The van der Waals surface area contributed by atoms with Gasteiger partial charge in [0.15, 0.2) is 5.16 Å². The van der Waals surface area contributed by atoms with Crippen LogP contribution in [-0.2, 0) is 22.4 Å². The summed E-state index contributed by atoms with van der Waals surface area (Å²) in [5, 5.41) is 16.5. The summed E-state index contributed by atoms with van der Waals surface area (Å²) >= 11 is 3.24. The van der Waals surface area contributed by atoms with Gasteiger partial charge in [0, 0.05) is 10.4 Å². The van der Waals surface area contributed by atoms with Crippen molar-refractivity contribution in [1.82, 2.24) is 25.5 Å². The minimum Gasteiger partial charge on any atom is -0.465 e. The number of hydrogen-bond donors (Lipinski definition) is 2. The number of aryl methyl sites for hydroxylation is 1. The minimum atomic E-state index is -0.229. The van der Waals surface area contributed by atoms with E-state index < -0.39 is 0 Å². The van der Waals surface area contributed by atoms with E-state index in [1.54, 1.807) is 0 Å². The fourth-order valence-corrected chi connectivity index (χ4v) is 6.41. The molecule has 2 aromatic heterocycles. The molecule has 2 N–H and O–H groups in total. The van der Waals surface area contributed by atoms with Crippen LogP contribution in [-0.4, -0.2) is 39.3 Å². The number of hydrogen-bond acceptors (Lipinski definition) is 9. The predicted molar refractivity (Wildman–Crippen MR) is 109 cm³/mol. The lowest BCUT2D eigenvalue weighted by atomic mass is 9.87. The van der Waals surface area contributed by atoms with Gasteiger partial charge in [-0.3, -0.25) is 15.1 Å². The molecule has 8 nitrogen and oxygen atoms in total. The van der Waals surface area contributed by atoms with Gasteiger partial charge in [-0.05, 0) is 44.6 Å². The van der Waals surface area contributed by atoms with Crippen molar-refractivity contribution in [2.24, 2.45) is 5.92 Å². The third-order valence-electron chi connectivity index (χ3n) is 5.46. The van der Waals surface area contributed by atoms with E-state index >= 15 is 0 Å². The largest absolute Gasteiger partial charge is 0.465 e. The Morgan fingerprint density at radius 2 is 2.25 bits per heavy atom. The maximum Gasteiger partial charge on any atom is 0.316 e. The van der Waals surface area contributed by atoms with Crippen LogP contribution in [0.5, 0.6) is 0 Å². The number of nitrogens with one attached hydrogen (secondary N) is 2. The Balaban J connectivity index is 1.58. The molecule has 1 aliphatic carbocycles. The van der Waals surface area contributed by atoms with E-state index in [1.165, 1.54) is 39.2 Å². The first kappa shape index (κ1) is 18.4. The second kappa shape index (κ2) is 7.01. The SMILES string of the molecule is CCOC(=O)CSc1nnc2n1-c1sc3c(c1C1NC(C)NN21)C[C@@H](C)CC3. The van der Waals surface area contributed by atoms with Gasteiger partial charge in [0.1, 0.15) is 11.2 Å². The second-order valence-electron chi connectivity index (χ2n) is 7.57. The molecular weight excluding hydrogens is 396 g/mol. The van der Waals surface area contributed by atoms with Crippen LogP contribution in [0.2, 0.25) is 0 Å². The monoisotopic (exact) mass is 420 g/mol. The first-order valence-corrected chi connectivity index (χ1v) is 11.6. The average molecular weight is 421 g/mol. The highest BCUT2D eigenvalue weighted by Gasteiger charge is 2.44. The van der Waals surface area contributed by atoms with E-state index in [2.05, 4.69) is 44.4 Å². The molecule has 3 atom stereocenters. The summed E-state index contributed by atoms with van der Waals surface area (Å²) in [7, 11) is 0. The molecule has 10 heteroatoms. The highest BCUT2D eigenvalue weighted by molar-refractivity contribution is 7.99. The normalized spacial score (nSPS) is 25.1. The molecule has 0 aromatic carbocycles. The van der Waals surface area contributed by atoms with Crippen LogP contribution in [0.25, 0.3) is 5.00 Å². The highest BCUT2D eigenvalue weighted by Crippen LogP contribution is 2.48. The quantitative estimate of drug-likeness (QED) is 0.576. The number of fused-ring (bicyclic) bond motifs is 8. The van der Waals surface area contributed by atoms with Crippen LogP contribution >= 0.6 is 23.1 Å². The molecule has 4 heterocycles. The van der Waals surface area contributed by atoms with Gasteiger partial charge in [-0.25, -0.2) is 9.99 Å². The van der Waals surface area contributed by atoms with Crippen molar-refractivity contribution in [3.63, 3.8) is 0 Å². The third kappa shape index (κ3) is 2.85. The van der Waals surface area contributed by atoms with Crippen LogP contribution in [0.15, 0.2) is 5.16 Å². The Labute approximate surface area is 172 Å². The third-order valence-corrected chi connectivity index (χ3v) is 7.66. The lowest BCUT2D eigenvalue weighted by Crippen LogP contribution is -2.40. The number of esters is 1. The molecule has 2 aromatic rings. The fraction of sp³-hybridized carbons (Fsp3) is 0.611. The highest BCUT2D eigenvalue weighted by atomic mass is 32.2. The van der Waals surface area contributed by atoms with Crippen molar-refractivity contribution in [2.45, 2.75) is 57.5 Å². The molecule has 0 amide bonds. The van der Waals surface area contributed by atoms with Crippen LogP contribution < -0.4 is 15.8 Å². The minimum absolute atomic E-state index is 0.0647. The maximum absolute atomic E-state index is 11.8. The molecule has 150 valence electrons. The van der Waals surface area contributed by atoms with Crippen molar-refractivity contribution in [2.75, 3.05) is 17.4 Å². The summed E-state index contributed by atoms with van der Waals surface area (Å²) in [4.78, 5) is 13.3. The lowest BCUT2D eigenvalue weighted by Gasteiger charge is -2.31. The Kier molecular flexibility index (Phi) is 4.61. The number of ether oxygens (including phenoxy) is 1. The number of thioether (sulfide) groups is 1. The summed E-state index contributed by atoms with van der Waals surface area (Å²) in [6.07, 6.45) is 3.70. The van der Waals surface area contributed by atoms with Gasteiger partial charge < -0.3 is 4.74 Å². The summed E-state index contributed by atoms with van der Waals surface area (Å²) in [6.45, 7) is 6.65. The predicted octanol–water partition coefficient (Wildman–Crippen LogP) is 2.38. The first-order valence-electron chi connectivity index (χ1n) is 9.77. The van der Waals surface area contributed by atoms with Crippen LogP contribution in [0.1, 0.15) is 49.4 Å².